The second-order valence-corrected chi connectivity index (χ2v) is 5.36. The monoisotopic (exact) mass is 240 g/mol. The van der Waals surface area contributed by atoms with E-state index in [1.165, 1.54) is 6.42 Å². The van der Waals surface area contributed by atoms with E-state index in [0.29, 0.717) is 0 Å². The lowest BCUT2D eigenvalue weighted by atomic mass is 9.92. The van der Waals surface area contributed by atoms with E-state index in [0.717, 1.165) is 51.6 Å². The van der Waals surface area contributed by atoms with Crippen LogP contribution in [-0.4, -0.2) is 53.2 Å². The van der Waals surface area contributed by atoms with Gasteiger partial charge in [0.15, 0.2) is 0 Å². The first-order valence-electron chi connectivity index (χ1n) is 6.90. The molecule has 2 rings (SSSR count). The third-order valence-corrected chi connectivity index (χ3v) is 4.12. The first kappa shape index (κ1) is 12.7. The van der Waals surface area contributed by atoms with Gasteiger partial charge in [0, 0.05) is 20.1 Å². The van der Waals surface area contributed by atoms with Crippen LogP contribution in [0.1, 0.15) is 44.9 Å². The minimum atomic E-state index is -0.331. The van der Waals surface area contributed by atoms with Crippen molar-refractivity contribution in [3.63, 3.8) is 0 Å². The van der Waals surface area contributed by atoms with Crippen LogP contribution in [0.5, 0.6) is 0 Å². The molecule has 2 fully saturated rings. The molecule has 0 spiro atoms. The first-order chi connectivity index (χ1) is 8.20. The standard InChI is InChI=1S/C13H24N2O2/c1-14(11-7-3-4-8-12(11)16)13(17)15-9-5-2-6-10-15/h11-12,16H,2-10H2,1H3. The molecular weight excluding hydrogens is 216 g/mol. The molecule has 98 valence electrons. The lowest BCUT2D eigenvalue weighted by Crippen LogP contribution is -2.52. The lowest BCUT2D eigenvalue weighted by molar-refractivity contribution is 0.0364. The van der Waals surface area contributed by atoms with Gasteiger partial charge < -0.3 is 14.9 Å². The van der Waals surface area contributed by atoms with E-state index in [2.05, 4.69) is 0 Å². The molecule has 4 heteroatoms. The number of piperidine rings is 1. The number of urea groups is 1. The number of likely N-dealkylation sites (N-methyl/N-ethyl adjacent to an activating group) is 1. The Balaban J connectivity index is 1.92. The van der Waals surface area contributed by atoms with Crippen LogP contribution in [0, 0.1) is 0 Å². The van der Waals surface area contributed by atoms with Crippen molar-refractivity contribution in [1.29, 1.82) is 0 Å². The molecule has 0 bridgehead atoms. The van der Waals surface area contributed by atoms with E-state index in [-0.39, 0.29) is 18.2 Å². The first-order valence-corrected chi connectivity index (χ1v) is 6.90. The summed E-state index contributed by atoms with van der Waals surface area (Å²) < 4.78 is 0. The lowest BCUT2D eigenvalue weighted by Gasteiger charge is -2.39. The van der Waals surface area contributed by atoms with E-state index in [9.17, 15) is 9.90 Å². The van der Waals surface area contributed by atoms with Gasteiger partial charge in [-0.25, -0.2) is 4.79 Å². The van der Waals surface area contributed by atoms with Crippen LogP contribution in [0.15, 0.2) is 0 Å². The van der Waals surface area contributed by atoms with Crippen LogP contribution in [0.3, 0.4) is 0 Å². The zero-order valence-corrected chi connectivity index (χ0v) is 10.8. The number of aliphatic hydroxyl groups excluding tert-OH is 1. The highest BCUT2D eigenvalue weighted by molar-refractivity contribution is 5.74. The molecule has 2 atom stereocenters. The Bertz CT molecular complexity index is 264. The number of hydrogen-bond donors (Lipinski definition) is 1. The largest absolute Gasteiger partial charge is 0.391 e. The molecule has 2 unspecified atom stereocenters. The summed E-state index contributed by atoms with van der Waals surface area (Å²) in [6.07, 6.45) is 7.13. The molecular formula is C13H24N2O2. The second kappa shape index (κ2) is 5.71. The van der Waals surface area contributed by atoms with Gasteiger partial charge in [0.2, 0.25) is 0 Å². The molecule has 1 aliphatic heterocycles. The number of carbonyl (C=O) groups is 1. The zero-order valence-electron chi connectivity index (χ0n) is 10.8. The quantitative estimate of drug-likeness (QED) is 0.760. The normalized spacial score (nSPS) is 30.1. The third-order valence-electron chi connectivity index (χ3n) is 4.12. The number of amides is 2. The van der Waals surface area contributed by atoms with Crippen LogP contribution >= 0.6 is 0 Å². The predicted octanol–water partition coefficient (Wildman–Crippen LogP) is 1.83. The number of nitrogens with zero attached hydrogens (tertiary/aromatic N) is 2. The highest BCUT2D eigenvalue weighted by Crippen LogP contribution is 2.23. The van der Waals surface area contributed by atoms with Crippen molar-refractivity contribution in [3.8, 4) is 0 Å². The van der Waals surface area contributed by atoms with Crippen molar-refractivity contribution in [1.82, 2.24) is 9.80 Å². The van der Waals surface area contributed by atoms with Crippen molar-refractivity contribution in [2.75, 3.05) is 20.1 Å². The molecule has 2 aliphatic rings. The Morgan fingerprint density at radius 1 is 1.12 bits per heavy atom. The van der Waals surface area contributed by atoms with Gasteiger partial charge in [-0.1, -0.05) is 12.8 Å². The van der Waals surface area contributed by atoms with Gasteiger partial charge in [-0.05, 0) is 32.1 Å². The molecule has 1 saturated heterocycles. The van der Waals surface area contributed by atoms with Gasteiger partial charge in [0.1, 0.15) is 0 Å². The minimum Gasteiger partial charge on any atom is -0.391 e. The summed E-state index contributed by atoms with van der Waals surface area (Å²) in [6.45, 7) is 1.76. The van der Waals surface area contributed by atoms with Crippen molar-refractivity contribution in [3.05, 3.63) is 0 Å². The Labute approximate surface area is 104 Å². The topological polar surface area (TPSA) is 43.8 Å². The number of aliphatic hydroxyl groups is 1. The van der Waals surface area contributed by atoms with E-state index in [1.54, 1.807) is 4.90 Å². The molecule has 1 heterocycles. The Morgan fingerprint density at radius 3 is 2.41 bits per heavy atom. The molecule has 0 aromatic carbocycles. The van der Waals surface area contributed by atoms with Gasteiger partial charge >= 0.3 is 6.03 Å². The SMILES string of the molecule is CN(C(=O)N1CCCCC1)C1CCCCC1O. The smallest absolute Gasteiger partial charge is 0.320 e. The molecule has 1 N–H and O–H groups in total. The Morgan fingerprint density at radius 2 is 1.76 bits per heavy atom. The molecule has 0 aromatic rings. The fourth-order valence-electron chi connectivity index (χ4n) is 2.99. The second-order valence-electron chi connectivity index (χ2n) is 5.36. The number of hydrogen-bond acceptors (Lipinski definition) is 2. The van der Waals surface area contributed by atoms with Gasteiger partial charge in [-0.3, -0.25) is 0 Å². The number of likely N-dealkylation sites (tertiary alicyclic amines) is 1. The molecule has 1 aliphatic carbocycles. The highest BCUT2D eigenvalue weighted by Gasteiger charge is 2.31. The summed E-state index contributed by atoms with van der Waals surface area (Å²) in [5, 5.41) is 9.97. The Kier molecular flexibility index (Phi) is 4.26. The highest BCUT2D eigenvalue weighted by atomic mass is 16.3. The Hall–Kier alpha value is -0.770. The van der Waals surface area contributed by atoms with Crippen LogP contribution in [0.4, 0.5) is 4.79 Å². The van der Waals surface area contributed by atoms with Crippen molar-refractivity contribution < 1.29 is 9.90 Å². The maximum atomic E-state index is 12.3. The van der Waals surface area contributed by atoms with Gasteiger partial charge in [-0.2, -0.15) is 0 Å². The maximum Gasteiger partial charge on any atom is 0.320 e. The minimum absolute atomic E-state index is 0.0261. The maximum absolute atomic E-state index is 12.3. The van der Waals surface area contributed by atoms with Gasteiger partial charge in [-0.15, -0.1) is 0 Å². The van der Waals surface area contributed by atoms with Crippen LogP contribution in [0.2, 0.25) is 0 Å². The van der Waals surface area contributed by atoms with E-state index < -0.39 is 0 Å². The summed E-state index contributed by atoms with van der Waals surface area (Å²) in [7, 11) is 1.84. The summed E-state index contributed by atoms with van der Waals surface area (Å²) in [6, 6.07) is 0.133. The fourth-order valence-corrected chi connectivity index (χ4v) is 2.99. The average molecular weight is 240 g/mol. The van der Waals surface area contributed by atoms with Crippen LogP contribution in [0.25, 0.3) is 0 Å². The van der Waals surface area contributed by atoms with E-state index >= 15 is 0 Å². The summed E-state index contributed by atoms with van der Waals surface area (Å²) >= 11 is 0. The molecule has 0 aromatic heterocycles. The average Bonchev–Trinajstić information content (AvgIpc) is 2.39. The molecule has 17 heavy (non-hydrogen) atoms. The fraction of sp³-hybridized carbons (Fsp3) is 0.923. The molecule has 4 nitrogen and oxygen atoms in total. The van der Waals surface area contributed by atoms with Gasteiger partial charge in [0.25, 0.3) is 0 Å². The van der Waals surface area contributed by atoms with E-state index in [1.807, 2.05) is 11.9 Å². The van der Waals surface area contributed by atoms with E-state index in [4.69, 9.17) is 0 Å². The van der Waals surface area contributed by atoms with Crippen molar-refractivity contribution >= 4 is 6.03 Å². The molecule has 0 radical (unpaired) electrons. The summed E-state index contributed by atoms with van der Waals surface area (Å²) in [4.78, 5) is 16.0. The summed E-state index contributed by atoms with van der Waals surface area (Å²) in [5.41, 5.74) is 0. The third kappa shape index (κ3) is 2.92. The van der Waals surface area contributed by atoms with Crippen molar-refractivity contribution in [2.45, 2.75) is 57.1 Å². The zero-order chi connectivity index (χ0) is 12.3. The van der Waals surface area contributed by atoms with Crippen LogP contribution in [-0.2, 0) is 0 Å². The number of carbonyl (C=O) groups excluding carboxylic acids is 1. The van der Waals surface area contributed by atoms with Crippen molar-refractivity contribution in [2.24, 2.45) is 0 Å². The molecule has 1 saturated carbocycles. The summed E-state index contributed by atoms with van der Waals surface area (Å²) in [5.74, 6) is 0. The molecule has 2 amide bonds. The predicted molar refractivity (Wildman–Crippen MR) is 66.8 cm³/mol. The van der Waals surface area contributed by atoms with Gasteiger partial charge in [0.05, 0.1) is 12.1 Å². The van der Waals surface area contributed by atoms with Crippen LogP contribution < -0.4 is 0 Å². The number of rotatable bonds is 1.